The molecule has 5 nitrogen and oxygen atoms in total. The van der Waals surface area contributed by atoms with Gasteiger partial charge in [0.15, 0.2) is 0 Å². The number of hydrogen-bond acceptors (Lipinski definition) is 4. The van der Waals surface area contributed by atoms with Crippen molar-refractivity contribution in [3.8, 4) is 0 Å². The highest BCUT2D eigenvalue weighted by atomic mass is 35.5. The van der Waals surface area contributed by atoms with E-state index in [4.69, 9.17) is 17.3 Å². The maximum Gasteiger partial charge on any atom is 0.241 e. The molecule has 2 atom stereocenters. The van der Waals surface area contributed by atoms with E-state index in [1.165, 1.54) is 6.07 Å². The zero-order valence-corrected chi connectivity index (χ0v) is 12.8. The van der Waals surface area contributed by atoms with Gasteiger partial charge in [0.25, 0.3) is 0 Å². The van der Waals surface area contributed by atoms with Gasteiger partial charge < -0.3 is 10.8 Å². The number of anilines is 1. The van der Waals surface area contributed by atoms with Gasteiger partial charge in [-0.05, 0) is 43.4 Å². The molecule has 0 aromatic heterocycles. The fourth-order valence-corrected chi connectivity index (χ4v) is 4.45. The van der Waals surface area contributed by atoms with Crippen molar-refractivity contribution in [2.45, 2.75) is 37.1 Å². The molecule has 0 bridgehead atoms. The van der Waals surface area contributed by atoms with Crippen LogP contribution in [0.4, 0.5) is 5.69 Å². The van der Waals surface area contributed by atoms with Crippen molar-refractivity contribution in [3.63, 3.8) is 0 Å². The molecule has 2 rings (SSSR count). The second-order valence-electron chi connectivity index (χ2n) is 5.24. The van der Waals surface area contributed by atoms with Crippen LogP contribution in [0.15, 0.2) is 17.0 Å². The number of nitrogens with one attached hydrogen (secondary N) is 1. The van der Waals surface area contributed by atoms with E-state index in [1.54, 1.807) is 13.0 Å². The highest BCUT2D eigenvalue weighted by molar-refractivity contribution is 7.89. The number of nitrogens with two attached hydrogens (primary N) is 1. The first-order chi connectivity index (χ1) is 9.35. The summed E-state index contributed by atoms with van der Waals surface area (Å²) >= 11 is 5.88. The topological polar surface area (TPSA) is 92.4 Å². The standard InChI is InChI=1S/C13H19ClN2O3S/c1-8-5-10(14)11(15)6-13(8)20(18,19)16-12-4-2-3-9(12)7-17/h5-6,9,12,16-17H,2-4,7,15H2,1H3. The quantitative estimate of drug-likeness (QED) is 0.736. The molecule has 0 heterocycles. The van der Waals surface area contributed by atoms with Crippen LogP contribution in [0.25, 0.3) is 0 Å². The van der Waals surface area contributed by atoms with Crippen LogP contribution in [0.1, 0.15) is 24.8 Å². The van der Waals surface area contributed by atoms with Crippen LogP contribution in [-0.2, 0) is 10.0 Å². The Kier molecular flexibility index (Phi) is 4.59. The first-order valence-electron chi connectivity index (χ1n) is 6.54. The number of aliphatic hydroxyl groups is 1. The Labute approximate surface area is 124 Å². The Hall–Kier alpha value is -0.820. The third-order valence-electron chi connectivity index (χ3n) is 3.78. The molecule has 1 aliphatic carbocycles. The van der Waals surface area contributed by atoms with Crippen molar-refractivity contribution in [2.24, 2.45) is 5.92 Å². The van der Waals surface area contributed by atoms with E-state index >= 15 is 0 Å². The summed E-state index contributed by atoms with van der Waals surface area (Å²) in [6.45, 7) is 1.67. The van der Waals surface area contributed by atoms with Gasteiger partial charge in [-0.15, -0.1) is 0 Å². The summed E-state index contributed by atoms with van der Waals surface area (Å²) in [5, 5.41) is 9.61. The predicted octanol–water partition coefficient (Wildman–Crippen LogP) is 1.67. The largest absolute Gasteiger partial charge is 0.397 e. The molecule has 0 radical (unpaired) electrons. The molecule has 1 aliphatic rings. The van der Waals surface area contributed by atoms with Gasteiger partial charge in [0.1, 0.15) is 0 Å². The second-order valence-corrected chi connectivity index (χ2v) is 7.33. The zero-order valence-electron chi connectivity index (χ0n) is 11.3. The van der Waals surface area contributed by atoms with E-state index in [0.717, 1.165) is 19.3 Å². The molecular formula is C13H19ClN2O3S. The Morgan fingerprint density at radius 3 is 2.80 bits per heavy atom. The summed E-state index contributed by atoms with van der Waals surface area (Å²) in [4.78, 5) is 0.142. The van der Waals surface area contributed by atoms with Crippen LogP contribution in [0.2, 0.25) is 5.02 Å². The van der Waals surface area contributed by atoms with Gasteiger partial charge in [0, 0.05) is 12.6 Å². The molecular weight excluding hydrogens is 300 g/mol. The van der Waals surface area contributed by atoms with Crippen molar-refractivity contribution in [2.75, 3.05) is 12.3 Å². The van der Waals surface area contributed by atoms with Crippen LogP contribution in [0.5, 0.6) is 0 Å². The lowest BCUT2D eigenvalue weighted by atomic mass is 10.1. The number of hydrogen-bond donors (Lipinski definition) is 3. The Bertz CT molecular complexity index is 604. The molecule has 0 amide bonds. The number of aryl methyl sites for hydroxylation is 1. The van der Waals surface area contributed by atoms with Crippen molar-refractivity contribution in [3.05, 3.63) is 22.7 Å². The molecule has 0 saturated heterocycles. The molecule has 4 N–H and O–H groups in total. The number of aliphatic hydroxyl groups excluding tert-OH is 1. The summed E-state index contributed by atoms with van der Waals surface area (Å²) in [6, 6.07) is 2.70. The summed E-state index contributed by atoms with van der Waals surface area (Å²) in [6.07, 6.45) is 2.50. The van der Waals surface area contributed by atoms with Gasteiger partial charge >= 0.3 is 0 Å². The Morgan fingerprint density at radius 2 is 2.15 bits per heavy atom. The van der Waals surface area contributed by atoms with E-state index in [9.17, 15) is 13.5 Å². The highest BCUT2D eigenvalue weighted by Gasteiger charge is 2.31. The maximum absolute atomic E-state index is 12.4. The van der Waals surface area contributed by atoms with Crippen molar-refractivity contribution in [1.29, 1.82) is 0 Å². The normalized spacial score (nSPS) is 23.1. The van der Waals surface area contributed by atoms with Gasteiger partial charge in [-0.1, -0.05) is 18.0 Å². The molecule has 2 unspecified atom stereocenters. The van der Waals surface area contributed by atoms with Gasteiger partial charge in [0.05, 0.1) is 15.6 Å². The monoisotopic (exact) mass is 318 g/mol. The third-order valence-corrected chi connectivity index (χ3v) is 5.74. The average molecular weight is 319 g/mol. The molecule has 1 fully saturated rings. The lowest BCUT2D eigenvalue weighted by molar-refractivity contribution is 0.213. The molecule has 1 saturated carbocycles. The smallest absolute Gasteiger partial charge is 0.241 e. The van der Waals surface area contributed by atoms with Crippen LogP contribution in [-0.4, -0.2) is 26.2 Å². The fraction of sp³-hybridized carbons (Fsp3) is 0.538. The molecule has 0 aliphatic heterocycles. The zero-order chi connectivity index (χ0) is 14.9. The number of sulfonamides is 1. The Morgan fingerprint density at radius 1 is 1.45 bits per heavy atom. The minimum absolute atomic E-state index is 0.00503. The van der Waals surface area contributed by atoms with Crippen molar-refractivity contribution in [1.82, 2.24) is 4.72 Å². The number of halogens is 1. The van der Waals surface area contributed by atoms with Crippen molar-refractivity contribution >= 4 is 27.3 Å². The van der Waals surface area contributed by atoms with Crippen molar-refractivity contribution < 1.29 is 13.5 Å². The maximum atomic E-state index is 12.4. The molecule has 7 heteroatoms. The van der Waals surface area contributed by atoms with E-state index < -0.39 is 10.0 Å². The number of nitrogen functional groups attached to an aromatic ring is 1. The van der Waals surface area contributed by atoms with E-state index in [2.05, 4.69) is 4.72 Å². The molecule has 1 aromatic carbocycles. The van der Waals surface area contributed by atoms with Crippen LogP contribution in [0, 0.1) is 12.8 Å². The number of benzene rings is 1. The molecule has 0 spiro atoms. The average Bonchev–Trinajstić information content (AvgIpc) is 2.80. The molecule has 1 aromatic rings. The first kappa shape index (κ1) is 15.6. The minimum Gasteiger partial charge on any atom is -0.397 e. The van der Waals surface area contributed by atoms with Crippen LogP contribution >= 0.6 is 11.6 Å². The first-order valence-corrected chi connectivity index (χ1v) is 8.40. The predicted molar refractivity (Wildman–Crippen MR) is 79.1 cm³/mol. The summed E-state index contributed by atoms with van der Waals surface area (Å²) < 4.78 is 27.6. The number of rotatable bonds is 4. The van der Waals surface area contributed by atoms with Gasteiger partial charge in [0.2, 0.25) is 10.0 Å². The second kappa shape index (κ2) is 5.89. The lowest BCUT2D eigenvalue weighted by Gasteiger charge is -2.20. The van der Waals surface area contributed by atoms with E-state index in [0.29, 0.717) is 10.6 Å². The summed E-state index contributed by atoms with van der Waals surface area (Å²) in [5.74, 6) is -0.0188. The SMILES string of the molecule is Cc1cc(Cl)c(N)cc1S(=O)(=O)NC1CCCC1CO. The minimum atomic E-state index is -3.66. The fourth-order valence-electron chi connectivity index (χ4n) is 2.63. The molecule has 20 heavy (non-hydrogen) atoms. The van der Waals surface area contributed by atoms with E-state index in [-0.39, 0.29) is 29.1 Å². The Balaban J connectivity index is 2.29. The summed E-state index contributed by atoms with van der Waals surface area (Å²) in [7, 11) is -3.66. The van der Waals surface area contributed by atoms with Crippen LogP contribution in [0.3, 0.4) is 0 Å². The van der Waals surface area contributed by atoms with Crippen LogP contribution < -0.4 is 10.5 Å². The van der Waals surface area contributed by atoms with Gasteiger partial charge in [-0.2, -0.15) is 0 Å². The van der Waals surface area contributed by atoms with Gasteiger partial charge in [-0.3, -0.25) is 0 Å². The third kappa shape index (κ3) is 3.09. The summed E-state index contributed by atoms with van der Waals surface area (Å²) in [5.41, 5.74) is 6.47. The van der Waals surface area contributed by atoms with E-state index in [1.807, 2.05) is 0 Å². The molecule has 112 valence electrons. The van der Waals surface area contributed by atoms with Gasteiger partial charge in [-0.25, -0.2) is 13.1 Å². The highest BCUT2D eigenvalue weighted by Crippen LogP contribution is 2.29. The lowest BCUT2D eigenvalue weighted by Crippen LogP contribution is -2.38.